The van der Waals surface area contributed by atoms with Crippen LogP contribution in [0.25, 0.3) is 0 Å². The Morgan fingerprint density at radius 1 is 1.29 bits per heavy atom. The van der Waals surface area contributed by atoms with Crippen LogP contribution in [-0.4, -0.2) is 19.9 Å². The van der Waals surface area contributed by atoms with Crippen molar-refractivity contribution in [3.8, 4) is 0 Å². The summed E-state index contributed by atoms with van der Waals surface area (Å²) in [6.07, 6.45) is 1.56. The van der Waals surface area contributed by atoms with Crippen LogP contribution in [0.3, 0.4) is 0 Å². The van der Waals surface area contributed by atoms with Crippen LogP contribution in [-0.2, 0) is 16.6 Å². The molecule has 0 atom stereocenters. The van der Waals surface area contributed by atoms with Gasteiger partial charge in [-0.15, -0.1) is 11.3 Å². The Kier molecular flexibility index (Phi) is 5.78. The van der Waals surface area contributed by atoms with E-state index >= 15 is 0 Å². The number of halogens is 2. The van der Waals surface area contributed by atoms with Crippen molar-refractivity contribution in [2.24, 2.45) is 0 Å². The van der Waals surface area contributed by atoms with Gasteiger partial charge in [0.05, 0.1) is 0 Å². The molecule has 21 heavy (non-hydrogen) atoms. The van der Waals surface area contributed by atoms with Crippen molar-refractivity contribution < 1.29 is 8.42 Å². The van der Waals surface area contributed by atoms with E-state index in [0.29, 0.717) is 16.8 Å². The van der Waals surface area contributed by atoms with E-state index in [1.165, 1.54) is 17.4 Å². The van der Waals surface area contributed by atoms with Crippen molar-refractivity contribution >= 4 is 59.0 Å². The maximum absolute atomic E-state index is 12.4. The number of anilines is 1. The summed E-state index contributed by atoms with van der Waals surface area (Å²) in [6, 6.07) is 3.43. The fourth-order valence-electron chi connectivity index (χ4n) is 1.62. The molecule has 0 radical (unpaired) electrons. The van der Waals surface area contributed by atoms with Crippen molar-refractivity contribution in [2.75, 3.05) is 11.9 Å². The molecule has 5 nitrogen and oxygen atoms in total. The molecule has 9 heteroatoms. The van der Waals surface area contributed by atoms with Crippen molar-refractivity contribution in [3.05, 3.63) is 37.5 Å². The van der Waals surface area contributed by atoms with Gasteiger partial charge >= 0.3 is 0 Å². The maximum Gasteiger partial charge on any atom is 0.244 e. The van der Waals surface area contributed by atoms with E-state index in [1.54, 1.807) is 6.20 Å². The molecular weight excluding hydrogens is 442 g/mol. The van der Waals surface area contributed by atoms with E-state index in [-0.39, 0.29) is 11.4 Å². The van der Waals surface area contributed by atoms with Gasteiger partial charge in [0.1, 0.15) is 10.7 Å². The predicted molar refractivity (Wildman–Crippen MR) is 92.1 cm³/mol. The Bertz CT molecular complexity index is 732. The van der Waals surface area contributed by atoms with Gasteiger partial charge in [-0.2, -0.15) is 0 Å². The van der Waals surface area contributed by atoms with E-state index in [9.17, 15) is 8.42 Å². The lowest BCUT2D eigenvalue weighted by molar-refractivity contribution is 0.581. The number of pyridine rings is 1. The third kappa shape index (κ3) is 4.49. The average Bonchev–Trinajstić information content (AvgIpc) is 2.85. The summed E-state index contributed by atoms with van der Waals surface area (Å²) in [5.74, 6) is 0.348. The molecular formula is C12H13Br2N3O2S2. The van der Waals surface area contributed by atoms with E-state index < -0.39 is 10.0 Å². The first-order chi connectivity index (χ1) is 9.92. The Balaban J connectivity index is 2.24. The van der Waals surface area contributed by atoms with Gasteiger partial charge in [0.25, 0.3) is 0 Å². The Hall–Kier alpha value is -0.480. The van der Waals surface area contributed by atoms with Gasteiger partial charge in [0.2, 0.25) is 10.0 Å². The molecule has 0 bridgehead atoms. The minimum absolute atomic E-state index is 0.134. The largest absolute Gasteiger partial charge is 0.369 e. The molecule has 0 saturated heterocycles. The van der Waals surface area contributed by atoms with Crippen LogP contribution in [0.4, 0.5) is 5.82 Å². The van der Waals surface area contributed by atoms with Gasteiger partial charge in [0.15, 0.2) is 0 Å². The Morgan fingerprint density at radius 3 is 2.67 bits per heavy atom. The van der Waals surface area contributed by atoms with Crippen LogP contribution in [0.2, 0.25) is 0 Å². The number of rotatable bonds is 6. The van der Waals surface area contributed by atoms with E-state index in [1.807, 2.05) is 18.4 Å². The van der Waals surface area contributed by atoms with Crippen LogP contribution in [0, 0.1) is 0 Å². The van der Waals surface area contributed by atoms with E-state index in [2.05, 4.69) is 46.9 Å². The number of aromatic nitrogens is 1. The highest BCUT2D eigenvalue weighted by Crippen LogP contribution is 2.24. The molecule has 2 heterocycles. The third-order valence-electron chi connectivity index (χ3n) is 2.51. The minimum Gasteiger partial charge on any atom is -0.369 e. The molecule has 2 N–H and O–H groups in total. The number of sulfonamides is 1. The molecule has 2 rings (SSSR count). The van der Waals surface area contributed by atoms with Crippen LogP contribution in [0.1, 0.15) is 11.8 Å². The van der Waals surface area contributed by atoms with Gasteiger partial charge < -0.3 is 5.32 Å². The summed E-state index contributed by atoms with van der Waals surface area (Å²) in [7, 11) is -3.64. The van der Waals surface area contributed by atoms with Gasteiger partial charge in [-0.1, -0.05) is 0 Å². The normalized spacial score (nSPS) is 11.6. The lowest BCUT2D eigenvalue weighted by atomic mass is 10.4. The Labute approximate surface area is 144 Å². The molecule has 0 aliphatic rings. The van der Waals surface area contributed by atoms with Crippen LogP contribution < -0.4 is 10.0 Å². The van der Waals surface area contributed by atoms with Crippen LogP contribution in [0.5, 0.6) is 0 Å². The summed E-state index contributed by atoms with van der Waals surface area (Å²) in [5.41, 5.74) is 0. The maximum atomic E-state index is 12.4. The Morgan fingerprint density at radius 2 is 2.05 bits per heavy atom. The zero-order chi connectivity index (χ0) is 15.5. The number of nitrogens with one attached hydrogen (secondary N) is 2. The summed E-state index contributed by atoms with van der Waals surface area (Å²) in [4.78, 5) is 5.17. The number of nitrogens with zero attached hydrogens (tertiary/aromatic N) is 1. The summed E-state index contributed by atoms with van der Waals surface area (Å²) >= 11 is 8.09. The standard InChI is InChI=1S/C12H13Br2N3O2S2/c1-2-15-12-11(4-8(13)5-16-12)21(18,19)17-6-10-3-9(14)7-20-10/h3-5,7,17H,2,6H2,1H3,(H,15,16). The van der Waals surface area contributed by atoms with Crippen molar-refractivity contribution in [1.82, 2.24) is 9.71 Å². The second-order valence-corrected chi connectivity index (χ2v) is 8.65. The first-order valence-corrected chi connectivity index (χ1v) is 9.99. The quantitative estimate of drug-likeness (QED) is 0.699. The monoisotopic (exact) mass is 453 g/mol. The summed E-state index contributed by atoms with van der Waals surface area (Å²) in [6.45, 7) is 2.72. The van der Waals surface area contributed by atoms with Gasteiger partial charge in [-0.25, -0.2) is 18.1 Å². The number of hydrogen-bond acceptors (Lipinski definition) is 5. The number of hydrogen-bond donors (Lipinski definition) is 2. The summed E-state index contributed by atoms with van der Waals surface area (Å²) in [5, 5.41) is 4.87. The minimum atomic E-state index is -3.64. The van der Waals surface area contributed by atoms with Crippen molar-refractivity contribution in [1.29, 1.82) is 0 Å². The molecule has 0 fully saturated rings. The lowest BCUT2D eigenvalue weighted by Gasteiger charge is -2.11. The van der Waals surface area contributed by atoms with Gasteiger partial charge in [-0.05, 0) is 50.9 Å². The molecule has 114 valence electrons. The predicted octanol–water partition coefficient (Wildman–Crippen LogP) is 3.58. The topological polar surface area (TPSA) is 71.1 Å². The highest BCUT2D eigenvalue weighted by atomic mass is 79.9. The highest BCUT2D eigenvalue weighted by molar-refractivity contribution is 9.10. The first-order valence-electron chi connectivity index (χ1n) is 6.04. The first kappa shape index (κ1) is 16.9. The van der Waals surface area contributed by atoms with Crippen molar-refractivity contribution in [3.63, 3.8) is 0 Å². The van der Waals surface area contributed by atoms with Crippen molar-refractivity contribution in [2.45, 2.75) is 18.4 Å². The third-order valence-corrected chi connectivity index (χ3v) is 6.06. The van der Waals surface area contributed by atoms with Gasteiger partial charge in [-0.3, -0.25) is 0 Å². The van der Waals surface area contributed by atoms with Crippen LogP contribution in [0.15, 0.2) is 37.6 Å². The second kappa shape index (κ2) is 7.19. The highest BCUT2D eigenvalue weighted by Gasteiger charge is 2.20. The second-order valence-electron chi connectivity index (χ2n) is 4.09. The average molecular weight is 455 g/mol. The smallest absolute Gasteiger partial charge is 0.244 e. The SMILES string of the molecule is CCNc1ncc(Br)cc1S(=O)(=O)NCc1cc(Br)cs1. The molecule has 0 aliphatic carbocycles. The zero-order valence-corrected chi connectivity index (χ0v) is 15.9. The molecule has 0 aliphatic heterocycles. The fraction of sp³-hybridized carbons (Fsp3) is 0.250. The molecule has 0 spiro atoms. The molecule has 2 aromatic rings. The lowest BCUT2D eigenvalue weighted by Crippen LogP contribution is -2.24. The number of thiophene rings is 1. The molecule has 0 unspecified atom stereocenters. The summed E-state index contributed by atoms with van der Waals surface area (Å²) < 4.78 is 29.0. The fourth-order valence-corrected chi connectivity index (χ4v) is 4.74. The molecule has 0 aromatic carbocycles. The van der Waals surface area contributed by atoms with E-state index in [0.717, 1.165) is 9.35 Å². The molecule has 0 amide bonds. The molecule has 0 saturated carbocycles. The van der Waals surface area contributed by atoms with Gasteiger partial charge in [0, 0.05) is 38.5 Å². The van der Waals surface area contributed by atoms with Crippen LogP contribution >= 0.6 is 43.2 Å². The van der Waals surface area contributed by atoms with E-state index in [4.69, 9.17) is 0 Å². The molecule has 2 aromatic heterocycles. The zero-order valence-electron chi connectivity index (χ0n) is 11.1.